The predicted molar refractivity (Wildman–Crippen MR) is 70.0 cm³/mol. The Labute approximate surface area is 115 Å². The Balaban J connectivity index is 1.90. The molecule has 0 aliphatic carbocycles. The summed E-state index contributed by atoms with van der Waals surface area (Å²) in [6.45, 7) is 3.04. The van der Waals surface area contributed by atoms with Crippen molar-refractivity contribution in [1.29, 1.82) is 0 Å². The van der Waals surface area contributed by atoms with Crippen LogP contribution in [-0.2, 0) is 19.3 Å². The lowest BCUT2D eigenvalue weighted by molar-refractivity contribution is -0.137. The van der Waals surface area contributed by atoms with Gasteiger partial charge in [0, 0.05) is 25.0 Å². The van der Waals surface area contributed by atoms with Crippen LogP contribution in [0.4, 0.5) is 13.2 Å². The fourth-order valence-electron chi connectivity index (χ4n) is 1.90. The topological polar surface area (TPSA) is 29.9 Å². The molecule has 1 aromatic carbocycles. The molecule has 0 bridgehead atoms. The first kappa shape index (κ1) is 14.6. The van der Waals surface area contributed by atoms with Gasteiger partial charge in [0.15, 0.2) is 0 Å². The summed E-state index contributed by atoms with van der Waals surface area (Å²) in [7, 11) is 0. The van der Waals surface area contributed by atoms with Crippen LogP contribution in [0.2, 0.25) is 0 Å². The SMILES string of the molecule is CC(Cn1cccn1)NCc1cccc(C(F)(F)F)c1. The van der Waals surface area contributed by atoms with E-state index < -0.39 is 11.7 Å². The fraction of sp³-hybridized carbons (Fsp3) is 0.357. The third-order valence-corrected chi connectivity index (χ3v) is 2.93. The first-order valence-electron chi connectivity index (χ1n) is 6.32. The Kier molecular flexibility index (Phi) is 4.44. The molecule has 2 rings (SSSR count). The summed E-state index contributed by atoms with van der Waals surface area (Å²) in [4.78, 5) is 0. The number of benzene rings is 1. The number of rotatable bonds is 5. The van der Waals surface area contributed by atoms with E-state index in [0.29, 0.717) is 18.7 Å². The van der Waals surface area contributed by atoms with Crippen LogP contribution >= 0.6 is 0 Å². The summed E-state index contributed by atoms with van der Waals surface area (Å²) in [5, 5.41) is 7.27. The maximum Gasteiger partial charge on any atom is 0.416 e. The van der Waals surface area contributed by atoms with Gasteiger partial charge in [-0.15, -0.1) is 0 Å². The Morgan fingerprint density at radius 1 is 1.30 bits per heavy atom. The standard InChI is InChI=1S/C14H16F3N3/c1-11(10-20-7-3-6-19-20)18-9-12-4-2-5-13(8-12)14(15,16)17/h2-8,11,18H,9-10H2,1H3. The van der Waals surface area contributed by atoms with Crippen LogP contribution in [0.25, 0.3) is 0 Å². The van der Waals surface area contributed by atoms with Crippen molar-refractivity contribution in [3.8, 4) is 0 Å². The Bertz CT molecular complexity index is 535. The van der Waals surface area contributed by atoms with Crippen LogP contribution in [-0.4, -0.2) is 15.8 Å². The van der Waals surface area contributed by atoms with Crippen molar-refractivity contribution >= 4 is 0 Å². The molecule has 0 fully saturated rings. The van der Waals surface area contributed by atoms with Crippen LogP contribution in [0.1, 0.15) is 18.1 Å². The zero-order valence-electron chi connectivity index (χ0n) is 11.1. The van der Waals surface area contributed by atoms with E-state index in [-0.39, 0.29) is 6.04 Å². The predicted octanol–water partition coefficient (Wildman–Crippen LogP) is 3.08. The summed E-state index contributed by atoms with van der Waals surface area (Å²) in [6, 6.07) is 7.31. The smallest absolute Gasteiger partial charge is 0.308 e. The molecule has 1 atom stereocenters. The number of alkyl halides is 3. The first-order valence-corrected chi connectivity index (χ1v) is 6.32. The van der Waals surface area contributed by atoms with Gasteiger partial charge in [-0.1, -0.05) is 18.2 Å². The van der Waals surface area contributed by atoms with E-state index in [2.05, 4.69) is 10.4 Å². The maximum atomic E-state index is 12.6. The van der Waals surface area contributed by atoms with Crippen LogP contribution in [0.5, 0.6) is 0 Å². The van der Waals surface area contributed by atoms with Gasteiger partial charge in [0.2, 0.25) is 0 Å². The molecule has 1 heterocycles. The lowest BCUT2D eigenvalue weighted by atomic mass is 10.1. The zero-order valence-corrected chi connectivity index (χ0v) is 11.1. The molecule has 6 heteroatoms. The Morgan fingerprint density at radius 2 is 2.10 bits per heavy atom. The van der Waals surface area contributed by atoms with E-state index in [1.54, 1.807) is 16.9 Å². The zero-order chi connectivity index (χ0) is 14.6. The first-order chi connectivity index (χ1) is 9.45. The molecular formula is C14H16F3N3. The highest BCUT2D eigenvalue weighted by Gasteiger charge is 2.30. The Morgan fingerprint density at radius 3 is 2.75 bits per heavy atom. The molecule has 0 aliphatic rings. The number of aromatic nitrogens is 2. The minimum absolute atomic E-state index is 0.115. The third-order valence-electron chi connectivity index (χ3n) is 2.93. The number of hydrogen-bond acceptors (Lipinski definition) is 2. The summed E-state index contributed by atoms with van der Waals surface area (Å²) in [5.41, 5.74) is 0.00340. The van der Waals surface area contributed by atoms with Crippen molar-refractivity contribution in [2.45, 2.75) is 32.2 Å². The molecule has 0 aliphatic heterocycles. The van der Waals surface area contributed by atoms with Crippen LogP contribution in [0, 0.1) is 0 Å². The van der Waals surface area contributed by atoms with Crippen LogP contribution in [0.3, 0.4) is 0 Å². The molecule has 0 radical (unpaired) electrons. The maximum absolute atomic E-state index is 12.6. The van der Waals surface area contributed by atoms with E-state index in [1.165, 1.54) is 12.1 Å². The second-order valence-corrected chi connectivity index (χ2v) is 4.71. The molecule has 20 heavy (non-hydrogen) atoms. The van der Waals surface area contributed by atoms with Crippen molar-refractivity contribution in [2.75, 3.05) is 0 Å². The molecule has 3 nitrogen and oxygen atoms in total. The molecular weight excluding hydrogens is 267 g/mol. The monoisotopic (exact) mass is 283 g/mol. The van der Waals surface area contributed by atoms with Crippen molar-refractivity contribution in [1.82, 2.24) is 15.1 Å². The molecule has 1 unspecified atom stereocenters. The quantitative estimate of drug-likeness (QED) is 0.914. The van der Waals surface area contributed by atoms with Gasteiger partial charge in [0.25, 0.3) is 0 Å². The highest BCUT2D eigenvalue weighted by atomic mass is 19.4. The summed E-state index contributed by atoms with van der Waals surface area (Å²) in [5.74, 6) is 0. The van der Waals surface area contributed by atoms with E-state index in [1.807, 2.05) is 19.2 Å². The number of nitrogens with zero attached hydrogens (tertiary/aromatic N) is 2. The van der Waals surface area contributed by atoms with Gasteiger partial charge in [-0.05, 0) is 24.6 Å². The highest BCUT2D eigenvalue weighted by Crippen LogP contribution is 2.29. The normalized spacial score (nSPS) is 13.4. The minimum Gasteiger partial charge on any atom is -0.308 e. The summed E-state index contributed by atoms with van der Waals surface area (Å²) >= 11 is 0. The average molecular weight is 283 g/mol. The summed E-state index contributed by atoms with van der Waals surface area (Å²) in [6.07, 6.45) is -0.751. The molecule has 0 amide bonds. The Hall–Kier alpha value is -1.82. The van der Waals surface area contributed by atoms with Crippen molar-refractivity contribution < 1.29 is 13.2 Å². The number of hydrogen-bond donors (Lipinski definition) is 1. The van der Waals surface area contributed by atoms with Crippen molar-refractivity contribution in [2.24, 2.45) is 0 Å². The molecule has 2 aromatic rings. The highest BCUT2D eigenvalue weighted by molar-refractivity contribution is 5.25. The van der Waals surface area contributed by atoms with Crippen LogP contribution < -0.4 is 5.32 Å². The molecule has 1 aromatic heterocycles. The lowest BCUT2D eigenvalue weighted by Crippen LogP contribution is -2.30. The van der Waals surface area contributed by atoms with Gasteiger partial charge in [0.1, 0.15) is 0 Å². The number of nitrogens with one attached hydrogen (secondary N) is 1. The lowest BCUT2D eigenvalue weighted by Gasteiger charge is -2.15. The van der Waals surface area contributed by atoms with E-state index in [9.17, 15) is 13.2 Å². The molecule has 0 saturated carbocycles. The second-order valence-electron chi connectivity index (χ2n) is 4.71. The molecule has 108 valence electrons. The van der Waals surface area contributed by atoms with Crippen LogP contribution in [0.15, 0.2) is 42.7 Å². The van der Waals surface area contributed by atoms with Gasteiger partial charge in [-0.2, -0.15) is 18.3 Å². The van der Waals surface area contributed by atoms with E-state index in [0.717, 1.165) is 6.07 Å². The molecule has 0 saturated heterocycles. The molecule has 0 spiro atoms. The van der Waals surface area contributed by atoms with Gasteiger partial charge >= 0.3 is 6.18 Å². The van der Waals surface area contributed by atoms with E-state index in [4.69, 9.17) is 0 Å². The van der Waals surface area contributed by atoms with Crippen molar-refractivity contribution in [3.05, 3.63) is 53.9 Å². The largest absolute Gasteiger partial charge is 0.416 e. The van der Waals surface area contributed by atoms with Gasteiger partial charge in [0.05, 0.1) is 12.1 Å². The van der Waals surface area contributed by atoms with E-state index >= 15 is 0 Å². The minimum atomic E-state index is -4.29. The number of halogens is 3. The molecule has 1 N–H and O–H groups in total. The summed E-state index contributed by atoms with van der Waals surface area (Å²) < 4.78 is 39.5. The average Bonchev–Trinajstić information content (AvgIpc) is 2.88. The fourth-order valence-corrected chi connectivity index (χ4v) is 1.90. The van der Waals surface area contributed by atoms with Crippen molar-refractivity contribution in [3.63, 3.8) is 0 Å². The third kappa shape index (κ3) is 4.09. The second kappa shape index (κ2) is 6.09. The van der Waals surface area contributed by atoms with Gasteiger partial charge < -0.3 is 5.32 Å². The van der Waals surface area contributed by atoms with Gasteiger partial charge in [-0.3, -0.25) is 4.68 Å². The van der Waals surface area contributed by atoms with Gasteiger partial charge in [-0.25, -0.2) is 0 Å².